The van der Waals surface area contributed by atoms with Gasteiger partial charge in [0, 0.05) is 0 Å². The van der Waals surface area contributed by atoms with Crippen LogP contribution >= 0.6 is 0 Å². The summed E-state index contributed by atoms with van der Waals surface area (Å²) in [5.41, 5.74) is 1.77. The summed E-state index contributed by atoms with van der Waals surface area (Å²) in [7, 11) is 1.61. The van der Waals surface area contributed by atoms with Gasteiger partial charge in [0.15, 0.2) is 0 Å². The number of rotatable bonds is 7. The number of carbonyl (C=O) groups is 1. The fourth-order valence-corrected chi connectivity index (χ4v) is 2.02. The molecule has 4 heteroatoms. The minimum Gasteiger partial charge on any atom is -0.495 e. The van der Waals surface area contributed by atoms with Crippen LogP contribution in [-0.4, -0.2) is 37.6 Å². The molecule has 0 fully saturated rings. The van der Waals surface area contributed by atoms with Crippen molar-refractivity contribution in [2.45, 2.75) is 27.2 Å². The van der Waals surface area contributed by atoms with Gasteiger partial charge in [-0.3, -0.25) is 9.69 Å². The van der Waals surface area contributed by atoms with Gasteiger partial charge in [0.05, 0.1) is 19.3 Å². The van der Waals surface area contributed by atoms with Gasteiger partial charge in [0.25, 0.3) is 0 Å². The number of anilines is 1. The Bertz CT molecular complexity index is 419. The first-order valence-electron chi connectivity index (χ1n) is 6.78. The molecule has 1 rings (SSSR count). The maximum Gasteiger partial charge on any atom is 0.238 e. The lowest BCUT2D eigenvalue weighted by molar-refractivity contribution is -0.117. The maximum absolute atomic E-state index is 12.1. The van der Waals surface area contributed by atoms with E-state index in [-0.39, 0.29) is 5.91 Å². The van der Waals surface area contributed by atoms with E-state index >= 15 is 0 Å². The van der Waals surface area contributed by atoms with E-state index in [1.165, 1.54) is 0 Å². The van der Waals surface area contributed by atoms with Crippen LogP contribution in [0.5, 0.6) is 5.75 Å². The van der Waals surface area contributed by atoms with E-state index in [0.717, 1.165) is 30.8 Å². The molecule has 0 unspecified atom stereocenters. The standard InChI is InChI=1S/C15H24N2O2/c1-5-10-17(6-2)11-14(18)16-15-12(3)8-7-9-13(15)19-4/h7-9H,5-6,10-11H2,1-4H3,(H,16,18). The minimum atomic E-state index is 0.00269. The summed E-state index contributed by atoms with van der Waals surface area (Å²) in [5.74, 6) is 0.704. The van der Waals surface area contributed by atoms with E-state index in [4.69, 9.17) is 4.74 Å². The number of methoxy groups -OCH3 is 1. The Hall–Kier alpha value is -1.55. The monoisotopic (exact) mass is 264 g/mol. The van der Waals surface area contributed by atoms with Crippen molar-refractivity contribution in [1.82, 2.24) is 4.90 Å². The van der Waals surface area contributed by atoms with Crippen LogP contribution in [0, 0.1) is 6.92 Å². The SMILES string of the molecule is CCCN(CC)CC(=O)Nc1c(C)cccc1OC. The van der Waals surface area contributed by atoms with Gasteiger partial charge in [-0.15, -0.1) is 0 Å². The van der Waals surface area contributed by atoms with Gasteiger partial charge in [-0.2, -0.15) is 0 Å². The molecule has 4 nitrogen and oxygen atoms in total. The van der Waals surface area contributed by atoms with Crippen LogP contribution in [0.2, 0.25) is 0 Å². The number of benzene rings is 1. The van der Waals surface area contributed by atoms with Crippen LogP contribution in [-0.2, 0) is 4.79 Å². The molecule has 0 spiro atoms. The van der Waals surface area contributed by atoms with Crippen LogP contribution in [0.15, 0.2) is 18.2 Å². The zero-order valence-corrected chi connectivity index (χ0v) is 12.3. The molecule has 1 amide bonds. The highest BCUT2D eigenvalue weighted by atomic mass is 16.5. The summed E-state index contributed by atoms with van der Waals surface area (Å²) >= 11 is 0. The number of nitrogens with zero attached hydrogens (tertiary/aromatic N) is 1. The Kier molecular flexibility index (Phi) is 6.36. The molecular formula is C15H24N2O2. The number of para-hydroxylation sites is 1. The normalized spacial score (nSPS) is 10.6. The number of amides is 1. The number of hydrogen-bond acceptors (Lipinski definition) is 3. The molecule has 1 aromatic carbocycles. The zero-order chi connectivity index (χ0) is 14.3. The number of ether oxygens (including phenoxy) is 1. The van der Waals surface area contributed by atoms with E-state index in [1.807, 2.05) is 25.1 Å². The third-order valence-electron chi connectivity index (χ3n) is 3.07. The molecule has 0 aliphatic rings. The highest BCUT2D eigenvalue weighted by Gasteiger charge is 2.12. The highest BCUT2D eigenvalue weighted by Crippen LogP contribution is 2.27. The summed E-state index contributed by atoms with van der Waals surface area (Å²) in [4.78, 5) is 14.2. The van der Waals surface area contributed by atoms with E-state index in [1.54, 1.807) is 7.11 Å². The second-order valence-corrected chi connectivity index (χ2v) is 4.57. The van der Waals surface area contributed by atoms with Crippen molar-refractivity contribution in [2.75, 3.05) is 32.1 Å². The zero-order valence-electron chi connectivity index (χ0n) is 12.3. The van der Waals surface area contributed by atoms with Crippen molar-refractivity contribution in [1.29, 1.82) is 0 Å². The molecule has 0 aliphatic carbocycles. The Morgan fingerprint density at radius 2 is 2.11 bits per heavy atom. The van der Waals surface area contributed by atoms with Crippen LogP contribution in [0.25, 0.3) is 0 Å². The second kappa shape index (κ2) is 7.79. The average Bonchev–Trinajstić information content (AvgIpc) is 2.40. The first kappa shape index (κ1) is 15.5. The predicted octanol–water partition coefficient (Wildman–Crippen LogP) is 2.67. The molecule has 19 heavy (non-hydrogen) atoms. The molecule has 0 atom stereocenters. The topological polar surface area (TPSA) is 41.6 Å². The number of likely N-dealkylation sites (N-methyl/N-ethyl adjacent to an activating group) is 1. The summed E-state index contributed by atoms with van der Waals surface area (Å²) < 4.78 is 5.28. The van der Waals surface area contributed by atoms with Crippen LogP contribution < -0.4 is 10.1 Å². The van der Waals surface area contributed by atoms with Crippen LogP contribution in [0.3, 0.4) is 0 Å². The average molecular weight is 264 g/mol. The number of nitrogens with one attached hydrogen (secondary N) is 1. The molecule has 0 radical (unpaired) electrons. The molecule has 0 bridgehead atoms. The third kappa shape index (κ3) is 4.56. The van der Waals surface area contributed by atoms with Gasteiger partial charge in [0.1, 0.15) is 5.75 Å². The molecule has 0 aliphatic heterocycles. The quantitative estimate of drug-likeness (QED) is 0.823. The van der Waals surface area contributed by atoms with Gasteiger partial charge < -0.3 is 10.1 Å². The Morgan fingerprint density at radius 1 is 1.37 bits per heavy atom. The van der Waals surface area contributed by atoms with Crippen molar-refractivity contribution in [3.63, 3.8) is 0 Å². The summed E-state index contributed by atoms with van der Waals surface area (Å²) in [6, 6.07) is 5.73. The van der Waals surface area contributed by atoms with Crippen molar-refractivity contribution >= 4 is 11.6 Å². The molecule has 0 saturated heterocycles. The maximum atomic E-state index is 12.1. The second-order valence-electron chi connectivity index (χ2n) is 4.57. The van der Waals surface area contributed by atoms with Gasteiger partial charge >= 0.3 is 0 Å². The highest BCUT2D eigenvalue weighted by molar-refractivity contribution is 5.94. The first-order valence-corrected chi connectivity index (χ1v) is 6.78. The summed E-state index contributed by atoms with van der Waals surface area (Å²) in [6.45, 7) is 8.38. The molecule has 0 aromatic heterocycles. The minimum absolute atomic E-state index is 0.00269. The summed E-state index contributed by atoms with van der Waals surface area (Å²) in [5, 5.41) is 2.95. The van der Waals surface area contributed by atoms with Crippen LogP contribution in [0.1, 0.15) is 25.8 Å². The number of aryl methyl sites for hydroxylation is 1. The van der Waals surface area contributed by atoms with Gasteiger partial charge in [-0.1, -0.05) is 26.0 Å². The molecule has 1 N–H and O–H groups in total. The summed E-state index contributed by atoms with van der Waals surface area (Å²) in [6.07, 6.45) is 1.05. The number of carbonyl (C=O) groups excluding carboxylic acids is 1. The smallest absolute Gasteiger partial charge is 0.238 e. The van der Waals surface area contributed by atoms with E-state index in [0.29, 0.717) is 12.3 Å². The van der Waals surface area contributed by atoms with E-state index in [9.17, 15) is 4.79 Å². The molecule has 1 aromatic rings. The predicted molar refractivity (Wildman–Crippen MR) is 78.8 cm³/mol. The Balaban J connectivity index is 2.71. The van der Waals surface area contributed by atoms with Gasteiger partial charge in [-0.25, -0.2) is 0 Å². The van der Waals surface area contributed by atoms with Crippen LogP contribution in [0.4, 0.5) is 5.69 Å². The lowest BCUT2D eigenvalue weighted by atomic mass is 10.2. The fourth-order valence-electron chi connectivity index (χ4n) is 2.02. The first-order chi connectivity index (χ1) is 9.12. The fraction of sp³-hybridized carbons (Fsp3) is 0.533. The van der Waals surface area contributed by atoms with Gasteiger partial charge in [0.2, 0.25) is 5.91 Å². The molecule has 0 heterocycles. The van der Waals surface area contributed by atoms with Crippen molar-refractivity contribution in [2.24, 2.45) is 0 Å². The lowest BCUT2D eigenvalue weighted by Crippen LogP contribution is -2.33. The Labute approximate surface area is 115 Å². The molecular weight excluding hydrogens is 240 g/mol. The molecule has 0 saturated carbocycles. The van der Waals surface area contributed by atoms with Crippen molar-refractivity contribution < 1.29 is 9.53 Å². The Morgan fingerprint density at radius 3 is 2.68 bits per heavy atom. The number of hydrogen-bond donors (Lipinski definition) is 1. The molecule has 106 valence electrons. The van der Waals surface area contributed by atoms with E-state index < -0.39 is 0 Å². The largest absolute Gasteiger partial charge is 0.495 e. The van der Waals surface area contributed by atoms with Gasteiger partial charge in [-0.05, 0) is 38.1 Å². The third-order valence-corrected chi connectivity index (χ3v) is 3.07. The van der Waals surface area contributed by atoms with Crippen molar-refractivity contribution in [3.05, 3.63) is 23.8 Å². The lowest BCUT2D eigenvalue weighted by Gasteiger charge is -2.20. The van der Waals surface area contributed by atoms with E-state index in [2.05, 4.69) is 24.1 Å². The van der Waals surface area contributed by atoms with Crippen molar-refractivity contribution in [3.8, 4) is 5.75 Å².